The number of carbonyl (C=O) groups excluding carboxylic acids is 1. The minimum Gasteiger partial charge on any atom is -0.330 e. The van der Waals surface area contributed by atoms with Crippen LogP contribution in [0.3, 0.4) is 0 Å². The molecule has 1 unspecified atom stereocenters. The number of hydrogen-bond acceptors (Lipinski definition) is 3. The predicted octanol–water partition coefficient (Wildman–Crippen LogP) is 1.43. The molecule has 1 aromatic rings. The minimum atomic E-state index is -0.670. The van der Waals surface area contributed by atoms with Crippen molar-refractivity contribution in [2.45, 2.75) is 6.42 Å². The highest BCUT2D eigenvalue weighted by molar-refractivity contribution is 5.97. The molecule has 0 saturated carbocycles. The van der Waals surface area contributed by atoms with Gasteiger partial charge in [0.15, 0.2) is 5.78 Å². The molecular formula is C13H16F2N2O. The highest BCUT2D eigenvalue weighted by Gasteiger charge is 2.24. The largest absolute Gasteiger partial charge is 0.330 e. The maximum absolute atomic E-state index is 13.4. The molecule has 3 nitrogen and oxygen atoms in total. The summed E-state index contributed by atoms with van der Waals surface area (Å²) in [6.45, 7) is 2.25. The number of ketones is 1. The van der Waals surface area contributed by atoms with Crippen LogP contribution >= 0.6 is 0 Å². The van der Waals surface area contributed by atoms with Gasteiger partial charge in [-0.15, -0.1) is 0 Å². The molecule has 1 heterocycles. The molecule has 0 amide bonds. The third-order valence-electron chi connectivity index (χ3n) is 3.30. The van der Waals surface area contributed by atoms with Crippen molar-refractivity contribution in [2.75, 3.05) is 26.2 Å². The Morgan fingerprint density at radius 1 is 1.44 bits per heavy atom. The Kier molecular flexibility index (Phi) is 4.04. The quantitative estimate of drug-likeness (QED) is 0.827. The zero-order valence-corrected chi connectivity index (χ0v) is 10.0. The summed E-state index contributed by atoms with van der Waals surface area (Å²) in [6.07, 6.45) is 0.954. The Morgan fingerprint density at radius 3 is 2.89 bits per heavy atom. The highest BCUT2D eigenvalue weighted by Crippen LogP contribution is 2.16. The van der Waals surface area contributed by atoms with Crippen molar-refractivity contribution in [1.29, 1.82) is 0 Å². The summed E-state index contributed by atoms with van der Waals surface area (Å²) in [6, 6.07) is 2.94. The molecule has 1 aliphatic heterocycles. The summed E-state index contributed by atoms with van der Waals surface area (Å²) < 4.78 is 26.4. The van der Waals surface area contributed by atoms with Gasteiger partial charge in [0.2, 0.25) is 0 Å². The standard InChI is InChI=1S/C13H16F2N2O/c14-10-1-2-12(15)11(5-10)13(18)8-17-4-3-9(6-16)7-17/h1-2,5,9H,3-4,6-8,16H2. The first-order valence-corrected chi connectivity index (χ1v) is 6.01. The summed E-state index contributed by atoms with van der Waals surface area (Å²) in [7, 11) is 0. The van der Waals surface area contributed by atoms with Crippen LogP contribution < -0.4 is 5.73 Å². The number of hydrogen-bond donors (Lipinski definition) is 1. The summed E-state index contributed by atoms with van der Waals surface area (Å²) in [5.74, 6) is -1.25. The maximum Gasteiger partial charge on any atom is 0.179 e. The number of nitrogens with zero attached hydrogens (tertiary/aromatic N) is 1. The first-order valence-electron chi connectivity index (χ1n) is 6.01. The molecule has 0 spiro atoms. The lowest BCUT2D eigenvalue weighted by Gasteiger charge is -2.14. The molecular weight excluding hydrogens is 238 g/mol. The van der Waals surface area contributed by atoms with Gasteiger partial charge in [-0.2, -0.15) is 0 Å². The van der Waals surface area contributed by atoms with Crippen LogP contribution in [0.1, 0.15) is 16.8 Å². The van der Waals surface area contributed by atoms with E-state index in [0.717, 1.165) is 37.7 Å². The smallest absolute Gasteiger partial charge is 0.179 e. The molecule has 0 radical (unpaired) electrons. The fourth-order valence-corrected chi connectivity index (χ4v) is 2.25. The Labute approximate surface area is 105 Å². The molecule has 0 aliphatic carbocycles. The van der Waals surface area contributed by atoms with Gasteiger partial charge in [-0.05, 0) is 43.6 Å². The van der Waals surface area contributed by atoms with Gasteiger partial charge in [0, 0.05) is 6.54 Å². The maximum atomic E-state index is 13.4. The summed E-state index contributed by atoms with van der Waals surface area (Å²) in [5, 5.41) is 0. The topological polar surface area (TPSA) is 46.3 Å². The number of nitrogens with two attached hydrogens (primary N) is 1. The van der Waals surface area contributed by atoms with Crippen LogP contribution in [0.4, 0.5) is 8.78 Å². The van der Waals surface area contributed by atoms with E-state index in [1.54, 1.807) is 0 Å². The second-order valence-corrected chi connectivity index (χ2v) is 4.67. The first kappa shape index (κ1) is 13.1. The van der Waals surface area contributed by atoms with Crippen LogP contribution in [-0.2, 0) is 0 Å². The number of carbonyl (C=O) groups is 1. The van der Waals surface area contributed by atoms with E-state index in [0.29, 0.717) is 12.5 Å². The van der Waals surface area contributed by atoms with Gasteiger partial charge in [-0.3, -0.25) is 9.69 Å². The second-order valence-electron chi connectivity index (χ2n) is 4.67. The summed E-state index contributed by atoms with van der Waals surface area (Å²) >= 11 is 0. The Bertz CT molecular complexity index is 451. The van der Waals surface area contributed by atoms with Gasteiger partial charge in [-0.1, -0.05) is 0 Å². The third kappa shape index (κ3) is 2.91. The molecule has 18 heavy (non-hydrogen) atoms. The predicted molar refractivity (Wildman–Crippen MR) is 64.3 cm³/mol. The number of halogens is 2. The number of benzene rings is 1. The van der Waals surface area contributed by atoms with Crippen molar-refractivity contribution in [3.8, 4) is 0 Å². The van der Waals surface area contributed by atoms with Crippen molar-refractivity contribution in [3.05, 3.63) is 35.4 Å². The molecule has 1 aromatic carbocycles. The van der Waals surface area contributed by atoms with E-state index in [9.17, 15) is 13.6 Å². The Morgan fingerprint density at radius 2 is 2.22 bits per heavy atom. The Balaban J connectivity index is 2.02. The van der Waals surface area contributed by atoms with Crippen LogP contribution in [0.5, 0.6) is 0 Å². The molecule has 1 fully saturated rings. The molecule has 2 rings (SSSR count). The van der Waals surface area contributed by atoms with Crippen LogP contribution in [0.15, 0.2) is 18.2 Å². The lowest BCUT2D eigenvalue weighted by atomic mass is 10.1. The summed E-state index contributed by atoms with van der Waals surface area (Å²) in [5.41, 5.74) is 5.39. The van der Waals surface area contributed by atoms with Gasteiger partial charge >= 0.3 is 0 Å². The van der Waals surface area contributed by atoms with E-state index in [4.69, 9.17) is 5.73 Å². The van der Waals surface area contributed by atoms with E-state index in [1.165, 1.54) is 0 Å². The monoisotopic (exact) mass is 254 g/mol. The number of rotatable bonds is 4. The van der Waals surface area contributed by atoms with Crippen LogP contribution in [0.25, 0.3) is 0 Å². The first-order chi connectivity index (χ1) is 8.60. The number of likely N-dealkylation sites (tertiary alicyclic amines) is 1. The molecule has 0 aromatic heterocycles. The molecule has 5 heteroatoms. The van der Waals surface area contributed by atoms with Crippen molar-refractivity contribution in [2.24, 2.45) is 11.7 Å². The van der Waals surface area contributed by atoms with E-state index in [1.807, 2.05) is 4.90 Å². The van der Waals surface area contributed by atoms with Gasteiger partial charge in [0.25, 0.3) is 0 Å². The van der Waals surface area contributed by atoms with E-state index in [-0.39, 0.29) is 17.9 Å². The highest BCUT2D eigenvalue weighted by atomic mass is 19.1. The average molecular weight is 254 g/mol. The van der Waals surface area contributed by atoms with Crippen LogP contribution in [0, 0.1) is 17.6 Å². The van der Waals surface area contributed by atoms with E-state index < -0.39 is 11.6 Å². The van der Waals surface area contributed by atoms with Crippen molar-refractivity contribution in [1.82, 2.24) is 4.90 Å². The average Bonchev–Trinajstić information content (AvgIpc) is 2.80. The zero-order chi connectivity index (χ0) is 13.1. The molecule has 98 valence electrons. The fraction of sp³-hybridized carbons (Fsp3) is 0.462. The second kappa shape index (κ2) is 5.54. The zero-order valence-electron chi connectivity index (χ0n) is 10.0. The molecule has 1 saturated heterocycles. The van der Waals surface area contributed by atoms with Crippen molar-refractivity contribution >= 4 is 5.78 Å². The van der Waals surface area contributed by atoms with E-state index >= 15 is 0 Å². The Hall–Kier alpha value is -1.33. The van der Waals surface area contributed by atoms with Crippen LogP contribution in [0.2, 0.25) is 0 Å². The molecule has 2 N–H and O–H groups in total. The van der Waals surface area contributed by atoms with Crippen molar-refractivity contribution < 1.29 is 13.6 Å². The molecule has 1 aliphatic rings. The third-order valence-corrected chi connectivity index (χ3v) is 3.30. The van der Waals surface area contributed by atoms with Crippen molar-refractivity contribution in [3.63, 3.8) is 0 Å². The van der Waals surface area contributed by atoms with Gasteiger partial charge in [-0.25, -0.2) is 8.78 Å². The van der Waals surface area contributed by atoms with Crippen LogP contribution in [-0.4, -0.2) is 36.9 Å². The molecule has 0 bridgehead atoms. The lowest BCUT2D eigenvalue weighted by Crippen LogP contribution is -2.29. The SMILES string of the molecule is NCC1CCN(CC(=O)c2cc(F)ccc2F)C1. The molecule has 1 atom stereocenters. The number of Topliss-reactive ketones (excluding diaryl/α,β-unsaturated/α-hetero) is 1. The van der Waals surface area contributed by atoms with E-state index in [2.05, 4.69) is 0 Å². The summed E-state index contributed by atoms with van der Waals surface area (Å²) in [4.78, 5) is 13.8. The van der Waals surface area contributed by atoms with Gasteiger partial charge < -0.3 is 5.73 Å². The lowest BCUT2D eigenvalue weighted by molar-refractivity contribution is 0.0939. The fourth-order valence-electron chi connectivity index (χ4n) is 2.25. The minimum absolute atomic E-state index is 0.122. The van der Waals surface area contributed by atoms with Gasteiger partial charge in [0.05, 0.1) is 12.1 Å². The van der Waals surface area contributed by atoms with Gasteiger partial charge in [0.1, 0.15) is 11.6 Å². The normalized spacial score (nSPS) is 20.3.